The molecule has 0 aliphatic carbocycles. The van der Waals surface area contributed by atoms with Crippen molar-refractivity contribution in [2.45, 2.75) is 31.4 Å². The van der Waals surface area contributed by atoms with Gasteiger partial charge in [0.2, 0.25) is 5.91 Å². The molecule has 2 amide bonds. The highest BCUT2D eigenvalue weighted by Crippen LogP contribution is 2.28. The molecule has 1 aliphatic rings. The Bertz CT molecular complexity index is 710. The second-order valence-electron chi connectivity index (χ2n) is 5.61. The largest absolute Gasteiger partial charge is 0.379 e. The summed E-state index contributed by atoms with van der Waals surface area (Å²) in [4.78, 5) is 36.3. The number of carbonyl (C=O) groups is 2. The van der Waals surface area contributed by atoms with Gasteiger partial charge in [0, 0.05) is 25.6 Å². The maximum absolute atomic E-state index is 12.4. The predicted octanol–water partition coefficient (Wildman–Crippen LogP) is -0.662. The van der Waals surface area contributed by atoms with E-state index >= 15 is 0 Å². The van der Waals surface area contributed by atoms with Crippen molar-refractivity contribution in [3.05, 3.63) is 24.3 Å². The Labute approximate surface area is 126 Å². The summed E-state index contributed by atoms with van der Waals surface area (Å²) in [6.07, 6.45) is 3.55. The van der Waals surface area contributed by atoms with Crippen molar-refractivity contribution in [1.29, 1.82) is 0 Å². The standard InChI is InChI=1S/C14H17N5O3/c1-8(12(15)20)19-5-3-14(22,13(19)21)6-11-17-9-2-4-16-7-10(9)18-11/h2,4,7-8,22H,3,5-6H2,1H3,(H2,15,20)(H,17,18). The number of nitrogens with one attached hydrogen (secondary N) is 1. The lowest BCUT2D eigenvalue weighted by molar-refractivity contribution is -0.147. The number of fused-ring (bicyclic) bond motifs is 1. The molecule has 1 fully saturated rings. The first-order chi connectivity index (χ1) is 10.4. The average molecular weight is 303 g/mol. The number of hydrogen-bond acceptors (Lipinski definition) is 5. The number of aliphatic hydroxyl groups is 1. The van der Waals surface area contributed by atoms with E-state index in [2.05, 4.69) is 15.0 Å². The minimum Gasteiger partial charge on any atom is -0.379 e. The summed E-state index contributed by atoms with van der Waals surface area (Å²) in [5.41, 5.74) is 5.13. The summed E-state index contributed by atoms with van der Waals surface area (Å²) in [5.74, 6) is -0.572. The molecule has 4 N–H and O–H groups in total. The summed E-state index contributed by atoms with van der Waals surface area (Å²) < 4.78 is 0. The molecule has 2 atom stereocenters. The van der Waals surface area contributed by atoms with Gasteiger partial charge in [-0.1, -0.05) is 0 Å². The third-order valence-electron chi connectivity index (χ3n) is 4.10. The molecule has 1 saturated heterocycles. The molecule has 3 heterocycles. The van der Waals surface area contributed by atoms with Gasteiger partial charge >= 0.3 is 0 Å². The fourth-order valence-corrected chi connectivity index (χ4v) is 2.74. The number of nitrogens with zero attached hydrogens (tertiary/aromatic N) is 3. The van der Waals surface area contributed by atoms with Gasteiger partial charge in [-0.3, -0.25) is 14.6 Å². The Morgan fingerprint density at radius 2 is 2.41 bits per heavy atom. The van der Waals surface area contributed by atoms with Crippen LogP contribution in [0.2, 0.25) is 0 Å². The number of likely N-dealkylation sites (tertiary alicyclic amines) is 1. The molecule has 8 heteroatoms. The van der Waals surface area contributed by atoms with E-state index in [9.17, 15) is 14.7 Å². The molecule has 0 spiro atoms. The van der Waals surface area contributed by atoms with Crippen molar-refractivity contribution < 1.29 is 14.7 Å². The quantitative estimate of drug-likeness (QED) is 0.691. The molecule has 0 radical (unpaired) electrons. The molecule has 1 aliphatic heterocycles. The van der Waals surface area contributed by atoms with Gasteiger partial charge in [0.25, 0.3) is 5.91 Å². The second-order valence-corrected chi connectivity index (χ2v) is 5.61. The maximum atomic E-state index is 12.4. The number of hydrogen-bond donors (Lipinski definition) is 3. The summed E-state index contributed by atoms with van der Waals surface area (Å²) in [6.45, 7) is 1.85. The number of amides is 2. The fraction of sp³-hybridized carbons (Fsp3) is 0.429. The fourth-order valence-electron chi connectivity index (χ4n) is 2.74. The van der Waals surface area contributed by atoms with Gasteiger partial charge in [-0.15, -0.1) is 0 Å². The van der Waals surface area contributed by atoms with Crippen LogP contribution in [0.5, 0.6) is 0 Å². The number of nitrogens with two attached hydrogens (primary N) is 1. The molecule has 22 heavy (non-hydrogen) atoms. The zero-order chi connectivity index (χ0) is 15.9. The lowest BCUT2D eigenvalue weighted by Crippen LogP contribution is -2.48. The number of imidazole rings is 1. The minimum atomic E-state index is -1.56. The maximum Gasteiger partial charge on any atom is 0.255 e. The zero-order valence-electron chi connectivity index (χ0n) is 12.1. The van der Waals surface area contributed by atoms with E-state index < -0.39 is 23.5 Å². The Kier molecular flexibility index (Phi) is 3.32. The number of aromatic amines is 1. The second kappa shape index (κ2) is 5.06. The Balaban J connectivity index is 1.82. The van der Waals surface area contributed by atoms with Crippen molar-refractivity contribution in [3.8, 4) is 0 Å². The first-order valence-electron chi connectivity index (χ1n) is 7.02. The highest BCUT2D eigenvalue weighted by Gasteiger charge is 2.47. The molecule has 3 rings (SSSR count). The highest BCUT2D eigenvalue weighted by molar-refractivity contribution is 5.92. The van der Waals surface area contributed by atoms with Crippen LogP contribution in [0.1, 0.15) is 19.2 Å². The van der Waals surface area contributed by atoms with Crippen molar-refractivity contribution in [2.24, 2.45) is 5.73 Å². The van der Waals surface area contributed by atoms with E-state index in [1.54, 1.807) is 25.4 Å². The van der Waals surface area contributed by atoms with Crippen LogP contribution in [0.3, 0.4) is 0 Å². The minimum absolute atomic E-state index is 0.0580. The third-order valence-corrected chi connectivity index (χ3v) is 4.10. The normalized spacial score (nSPS) is 23.2. The number of pyridine rings is 1. The first-order valence-corrected chi connectivity index (χ1v) is 7.02. The molecule has 2 aromatic heterocycles. The summed E-state index contributed by atoms with van der Waals surface area (Å²) in [7, 11) is 0. The monoisotopic (exact) mass is 303 g/mol. The molecular formula is C14H17N5O3. The average Bonchev–Trinajstić information content (AvgIpc) is 3.00. The van der Waals surface area contributed by atoms with Crippen molar-refractivity contribution in [1.82, 2.24) is 19.9 Å². The summed E-state index contributed by atoms with van der Waals surface area (Å²) >= 11 is 0. The van der Waals surface area contributed by atoms with Gasteiger partial charge in [0.15, 0.2) is 5.60 Å². The topological polar surface area (TPSA) is 125 Å². The zero-order valence-corrected chi connectivity index (χ0v) is 12.1. The number of primary amides is 1. The van der Waals surface area contributed by atoms with Gasteiger partial charge in [0.05, 0.1) is 17.2 Å². The van der Waals surface area contributed by atoms with Crippen molar-refractivity contribution in [2.75, 3.05) is 6.54 Å². The van der Waals surface area contributed by atoms with Gasteiger partial charge in [-0.2, -0.15) is 0 Å². The Hall–Kier alpha value is -2.48. The van der Waals surface area contributed by atoms with Crippen LogP contribution in [0.25, 0.3) is 11.0 Å². The number of H-pyrrole nitrogens is 1. The molecule has 0 saturated carbocycles. The van der Waals surface area contributed by atoms with Crippen LogP contribution in [0.4, 0.5) is 0 Å². The SMILES string of the molecule is CC(C(N)=O)N1CCC(O)(Cc2nc3ccncc3[nH]2)C1=O. The van der Waals surface area contributed by atoms with Gasteiger partial charge in [-0.05, 0) is 13.0 Å². The lowest BCUT2D eigenvalue weighted by atomic mass is 9.97. The first kappa shape index (κ1) is 14.5. The third kappa shape index (κ3) is 2.31. The van der Waals surface area contributed by atoms with Crippen LogP contribution >= 0.6 is 0 Å². The van der Waals surface area contributed by atoms with E-state index in [-0.39, 0.29) is 12.8 Å². The lowest BCUT2D eigenvalue weighted by Gasteiger charge is -2.24. The van der Waals surface area contributed by atoms with Crippen molar-refractivity contribution >= 4 is 22.8 Å². The van der Waals surface area contributed by atoms with Crippen LogP contribution < -0.4 is 5.73 Å². The smallest absolute Gasteiger partial charge is 0.255 e. The summed E-state index contributed by atoms with van der Waals surface area (Å²) in [6, 6.07) is 1.01. The van der Waals surface area contributed by atoms with E-state index in [1.165, 1.54) is 4.90 Å². The predicted molar refractivity (Wildman–Crippen MR) is 77.5 cm³/mol. The molecule has 0 aromatic carbocycles. The molecular weight excluding hydrogens is 286 g/mol. The summed E-state index contributed by atoms with van der Waals surface area (Å²) in [5, 5.41) is 10.6. The van der Waals surface area contributed by atoms with E-state index in [0.717, 1.165) is 11.0 Å². The van der Waals surface area contributed by atoms with Crippen LogP contribution in [0, 0.1) is 0 Å². The number of aromatic nitrogens is 3. The van der Waals surface area contributed by atoms with Crippen LogP contribution in [0.15, 0.2) is 18.5 Å². The number of carbonyl (C=O) groups excluding carboxylic acids is 2. The Morgan fingerprint density at radius 3 is 3.09 bits per heavy atom. The van der Waals surface area contributed by atoms with Crippen LogP contribution in [-0.4, -0.2) is 55.0 Å². The molecule has 2 unspecified atom stereocenters. The Morgan fingerprint density at radius 1 is 1.64 bits per heavy atom. The van der Waals surface area contributed by atoms with Crippen molar-refractivity contribution in [3.63, 3.8) is 0 Å². The molecule has 116 valence electrons. The number of rotatable bonds is 4. The van der Waals surface area contributed by atoms with E-state index in [0.29, 0.717) is 12.4 Å². The highest BCUT2D eigenvalue weighted by atomic mass is 16.3. The van der Waals surface area contributed by atoms with Gasteiger partial charge in [0.1, 0.15) is 11.9 Å². The van der Waals surface area contributed by atoms with Gasteiger partial charge < -0.3 is 20.7 Å². The molecule has 2 aromatic rings. The van der Waals surface area contributed by atoms with E-state index in [4.69, 9.17) is 5.73 Å². The van der Waals surface area contributed by atoms with Crippen LogP contribution in [-0.2, 0) is 16.0 Å². The molecule has 0 bridgehead atoms. The van der Waals surface area contributed by atoms with Gasteiger partial charge in [-0.25, -0.2) is 4.98 Å². The molecule has 8 nitrogen and oxygen atoms in total. The van der Waals surface area contributed by atoms with E-state index in [1.807, 2.05) is 0 Å².